The van der Waals surface area contributed by atoms with E-state index < -0.39 is 0 Å². The third-order valence-corrected chi connectivity index (χ3v) is 2.86. The summed E-state index contributed by atoms with van der Waals surface area (Å²) in [5.74, 6) is 1.47. The van der Waals surface area contributed by atoms with Crippen LogP contribution in [0.5, 0.6) is 5.88 Å². The lowest BCUT2D eigenvalue weighted by Gasteiger charge is -2.19. The van der Waals surface area contributed by atoms with E-state index in [2.05, 4.69) is 20.9 Å². The number of nitrogens with zero attached hydrogens (tertiary/aromatic N) is 2. The van der Waals surface area contributed by atoms with E-state index in [9.17, 15) is 0 Å². The van der Waals surface area contributed by atoms with Gasteiger partial charge < -0.3 is 14.4 Å². The Hall–Kier alpha value is -0.810. The highest BCUT2D eigenvalue weighted by molar-refractivity contribution is 9.10. The van der Waals surface area contributed by atoms with Crippen LogP contribution in [0.25, 0.3) is 0 Å². The highest BCUT2D eigenvalue weighted by Gasteiger charge is 2.07. The predicted molar refractivity (Wildman–Crippen MR) is 72.8 cm³/mol. The summed E-state index contributed by atoms with van der Waals surface area (Å²) in [6.07, 6.45) is 0.260. The summed E-state index contributed by atoms with van der Waals surface area (Å²) in [5, 5.41) is 0. The third-order valence-electron chi connectivity index (χ3n) is 2.26. The van der Waals surface area contributed by atoms with Gasteiger partial charge in [-0.1, -0.05) is 0 Å². The molecule has 0 N–H and O–H groups in total. The summed E-state index contributed by atoms with van der Waals surface area (Å²) in [6.45, 7) is 5.55. The van der Waals surface area contributed by atoms with E-state index in [1.165, 1.54) is 0 Å². The number of ether oxygens (including phenoxy) is 2. The van der Waals surface area contributed by atoms with Crippen LogP contribution in [0.4, 0.5) is 5.82 Å². The lowest BCUT2D eigenvalue weighted by molar-refractivity contribution is 0.0845. The molecule has 0 spiro atoms. The zero-order chi connectivity index (χ0) is 12.8. The van der Waals surface area contributed by atoms with Crippen LogP contribution in [0, 0.1) is 0 Å². The first-order valence-electron chi connectivity index (χ1n) is 5.58. The van der Waals surface area contributed by atoms with Gasteiger partial charge in [0.25, 0.3) is 0 Å². The number of hydrogen-bond acceptors (Lipinski definition) is 4. The molecule has 0 atom stereocenters. The standard InChI is InChI=1S/C12H19BrN2O2/c1-9(2)17-8-7-15(3)11-6-5-10(13)12(14-11)16-4/h5-6,9H,7-8H2,1-4H3. The first-order chi connectivity index (χ1) is 8.04. The average molecular weight is 303 g/mol. The largest absolute Gasteiger partial charge is 0.480 e. The van der Waals surface area contributed by atoms with Gasteiger partial charge in [-0.3, -0.25) is 0 Å². The first kappa shape index (κ1) is 14.3. The Balaban J connectivity index is 2.59. The van der Waals surface area contributed by atoms with Gasteiger partial charge in [0, 0.05) is 13.6 Å². The van der Waals surface area contributed by atoms with Crippen molar-refractivity contribution in [1.82, 2.24) is 4.98 Å². The van der Waals surface area contributed by atoms with Gasteiger partial charge in [0.05, 0.1) is 24.3 Å². The molecular formula is C12H19BrN2O2. The molecule has 0 amide bonds. The molecule has 0 aromatic carbocycles. The number of methoxy groups -OCH3 is 1. The van der Waals surface area contributed by atoms with Crippen molar-refractivity contribution in [3.63, 3.8) is 0 Å². The number of hydrogen-bond donors (Lipinski definition) is 0. The van der Waals surface area contributed by atoms with Crippen molar-refractivity contribution in [3.05, 3.63) is 16.6 Å². The molecule has 0 aliphatic heterocycles. The Morgan fingerprint density at radius 2 is 2.12 bits per heavy atom. The van der Waals surface area contributed by atoms with Crippen LogP contribution >= 0.6 is 15.9 Å². The minimum absolute atomic E-state index is 0.260. The molecule has 0 fully saturated rings. The molecule has 0 unspecified atom stereocenters. The highest BCUT2D eigenvalue weighted by atomic mass is 79.9. The van der Waals surface area contributed by atoms with Crippen molar-refractivity contribution in [1.29, 1.82) is 0 Å². The monoisotopic (exact) mass is 302 g/mol. The van der Waals surface area contributed by atoms with Crippen molar-refractivity contribution in [2.24, 2.45) is 0 Å². The van der Waals surface area contributed by atoms with Crippen molar-refractivity contribution in [3.8, 4) is 5.88 Å². The second-order valence-electron chi connectivity index (χ2n) is 4.00. The highest BCUT2D eigenvalue weighted by Crippen LogP contribution is 2.24. The molecule has 1 heterocycles. The smallest absolute Gasteiger partial charge is 0.229 e. The van der Waals surface area contributed by atoms with Crippen molar-refractivity contribution < 1.29 is 9.47 Å². The summed E-state index contributed by atoms with van der Waals surface area (Å²) in [6, 6.07) is 3.88. The zero-order valence-electron chi connectivity index (χ0n) is 10.7. The van der Waals surface area contributed by atoms with Crippen LogP contribution in [-0.4, -0.2) is 38.4 Å². The average Bonchev–Trinajstić information content (AvgIpc) is 2.29. The first-order valence-corrected chi connectivity index (χ1v) is 6.37. The number of pyridine rings is 1. The molecule has 0 saturated heterocycles. The topological polar surface area (TPSA) is 34.6 Å². The Morgan fingerprint density at radius 1 is 1.41 bits per heavy atom. The number of anilines is 1. The molecule has 1 rings (SSSR count). The van der Waals surface area contributed by atoms with Crippen LogP contribution < -0.4 is 9.64 Å². The Bertz CT molecular complexity index is 358. The number of halogens is 1. The number of rotatable bonds is 6. The molecule has 1 aromatic heterocycles. The Kier molecular flexibility index (Phi) is 5.71. The Morgan fingerprint density at radius 3 is 2.71 bits per heavy atom. The fourth-order valence-electron chi connectivity index (χ4n) is 1.31. The molecule has 5 heteroatoms. The quantitative estimate of drug-likeness (QED) is 0.809. The van der Waals surface area contributed by atoms with E-state index >= 15 is 0 Å². The molecule has 0 aliphatic carbocycles. The van der Waals surface area contributed by atoms with E-state index in [0.717, 1.165) is 16.8 Å². The molecule has 0 aliphatic rings. The van der Waals surface area contributed by atoms with Gasteiger partial charge in [-0.25, -0.2) is 0 Å². The van der Waals surface area contributed by atoms with Crippen molar-refractivity contribution in [2.45, 2.75) is 20.0 Å². The predicted octanol–water partition coefficient (Wildman–Crippen LogP) is 2.71. The summed E-state index contributed by atoms with van der Waals surface area (Å²) in [4.78, 5) is 6.43. The lowest BCUT2D eigenvalue weighted by atomic mass is 10.4. The van der Waals surface area contributed by atoms with Gasteiger partial charge in [0.1, 0.15) is 5.82 Å². The van der Waals surface area contributed by atoms with Gasteiger partial charge in [-0.15, -0.1) is 0 Å². The maximum absolute atomic E-state index is 5.50. The summed E-state index contributed by atoms with van der Waals surface area (Å²) < 4.78 is 11.5. The van der Waals surface area contributed by atoms with E-state index in [-0.39, 0.29) is 6.10 Å². The van der Waals surface area contributed by atoms with E-state index in [4.69, 9.17) is 9.47 Å². The molecule has 96 valence electrons. The van der Waals surface area contributed by atoms with Crippen LogP contribution in [0.2, 0.25) is 0 Å². The maximum Gasteiger partial charge on any atom is 0.229 e. The molecule has 4 nitrogen and oxygen atoms in total. The lowest BCUT2D eigenvalue weighted by Crippen LogP contribution is -2.24. The van der Waals surface area contributed by atoms with Gasteiger partial charge >= 0.3 is 0 Å². The minimum Gasteiger partial charge on any atom is -0.480 e. The SMILES string of the molecule is COc1nc(N(C)CCOC(C)C)ccc1Br. The molecular weight excluding hydrogens is 284 g/mol. The van der Waals surface area contributed by atoms with Crippen LogP contribution in [0.1, 0.15) is 13.8 Å². The molecule has 0 bridgehead atoms. The normalized spacial score (nSPS) is 10.7. The molecule has 17 heavy (non-hydrogen) atoms. The van der Waals surface area contributed by atoms with Gasteiger partial charge in [0.15, 0.2) is 0 Å². The molecule has 1 aromatic rings. The Labute approximate surface area is 111 Å². The summed E-state index contributed by atoms with van der Waals surface area (Å²) in [5.41, 5.74) is 0. The van der Waals surface area contributed by atoms with Crippen LogP contribution in [0.15, 0.2) is 16.6 Å². The fourth-order valence-corrected chi connectivity index (χ4v) is 1.69. The van der Waals surface area contributed by atoms with Crippen LogP contribution in [-0.2, 0) is 4.74 Å². The second-order valence-corrected chi connectivity index (χ2v) is 4.86. The molecule has 0 saturated carbocycles. The van der Waals surface area contributed by atoms with Crippen LogP contribution in [0.3, 0.4) is 0 Å². The van der Waals surface area contributed by atoms with Gasteiger partial charge in [0.2, 0.25) is 5.88 Å². The third kappa shape index (κ3) is 4.52. The second kappa shape index (κ2) is 6.81. The van der Waals surface area contributed by atoms with E-state index in [1.807, 2.05) is 37.9 Å². The van der Waals surface area contributed by atoms with E-state index in [0.29, 0.717) is 12.5 Å². The maximum atomic E-state index is 5.50. The van der Waals surface area contributed by atoms with Crippen molar-refractivity contribution in [2.75, 3.05) is 32.2 Å². The minimum atomic E-state index is 0.260. The zero-order valence-corrected chi connectivity index (χ0v) is 12.3. The molecule has 0 radical (unpaired) electrons. The van der Waals surface area contributed by atoms with E-state index in [1.54, 1.807) is 7.11 Å². The van der Waals surface area contributed by atoms with Gasteiger partial charge in [-0.2, -0.15) is 4.98 Å². The number of likely N-dealkylation sites (N-methyl/N-ethyl adjacent to an activating group) is 1. The number of aromatic nitrogens is 1. The van der Waals surface area contributed by atoms with Crippen molar-refractivity contribution >= 4 is 21.7 Å². The fraction of sp³-hybridized carbons (Fsp3) is 0.583. The van der Waals surface area contributed by atoms with Gasteiger partial charge in [-0.05, 0) is 41.9 Å². The summed E-state index contributed by atoms with van der Waals surface area (Å²) in [7, 11) is 3.60. The summed E-state index contributed by atoms with van der Waals surface area (Å²) >= 11 is 3.38.